The normalized spacial score (nSPS) is 17.5. The van der Waals surface area contributed by atoms with Crippen molar-refractivity contribution in [2.75, 3.05) is 6.61 Å². The number of carbonyl (C=O) groups is 1. The fourth-order valence-electron chi connectivity index (χ4n) is 3.47. The van der Waals surface area contributed by atoms with Crippen molar-refractivity contribution in [2.45, 2.75) is 71.6 Å². The third-order valence-corrected chi connectivity index (χ3v) is 6.49. The standard InChI is InChI=1S/C23H30O3Se/c1-7-11-26-19-15-17(27-12-8-16(2)13-20(24)25)14-18-21(19)23(5,6)10-9-22(18,3)4/h13-15H,7,9-11H2,1-6H3,(H,24,25)/p-1/b16-13+. The predicted molar refractivity (Wildman–Crippen MR) is 109 cm³/mol. The number of benzene rings is 1. The van der Waals surface area contributed by atoms with Gasteiger partial charge in [-0.05, 0) is 0 Å². The van der Waals surface area contributed by atoms with Crippen LogP contribution >= 0.6 is 0 Å². The van der Waals surface area contributed by atoms with Crippen molar-refractivity contribution in [3.8, 4) is 16.5 Å². The molecule has 1 aliphatic rings. The van der Waals surface area contributed by atoms with Gasteiger partial charge in [-0.1, -0.05) is 0 Å². The van der Waals surface area contributed by atoms with Gasteiger partial charge in [0.2, 0.25) is 0 Å². The first-order valence-corrected chi connectivity index (χ1v) is 11.2. The summed E-state index contributed by atoms with van der Waals surface area (Å²) in [7, 11) is 0. The molecular formula is C23H29O3Se-. The van der Waals surface area contributed by atoms with Crippen LogP contribution < -0.4 is 14.3 Å². The van der Waals surface area contributed by atoms with E-state index in [-0.39, 0.29) is 25.8 Å². The molecule has 0 radical (unpaired) electrons. The number of allylic oxidation sites excluding steroid dienone is 1. The summed E-state index contributed by atoms with van der Waals surface area (Å²) in [5, 5.41) is 10.6. The average molecular weight is 432 g/mol. The van der Waals surface area contributed by atoms with E-state index >= 15 is 0 Å². The number of ether oxygens (including phenoxy) is 1. The number of hydrogen-bond donors (Lipinski definition) is 0. The molecule has 0 atom stereocenters. The Labute approximate surface area is 169 Å². The Morgan fingerprint density at radius 3 is 2.56 bits per heavy atom. The topological polar surface area (TPSA) is 49.4 Å². The summed E-state index contributed by atoms with van der Waals surface area (Å²) in [4.78, 5) is 13.8. The first-order chi connectivity index (χ1) is 12.6. The molecular weight excluding hydrogens is 403 g/mol. The Kier molecular flexibility index (Phi) is 6.84. The van der Waals surface area contributed by atoms with Crippen LogP contribution in [0.3, 0.4) is 0 Å². The number of rotatable bonds is 5. The SMILES string of the molecule is CCCOc1cc([Se]C#C/C(C)=C/C(=O)[O-])cc2c1C(C)(C)CCC2(C)C. The summed E-state index contributed by atoms with van der Waals surface area (Å²) >= 11 is -0.0714. The van der Waals surface area contributed by atoms with Crippen molar-refractivity contribution in [2.24, 2.45) is 0 Å². The van der Waals surface area contributed by atoms with Gasteiger partial charge in [0.1, 0.15) is 0 Å². The molecule has 0 fully saturated rings. The fraction of sp³-hybridized carbons (Fsp3) is 0.522. The molecule has 1 aromatic rings. The monoisotopic (exact) mass is 433 g/mol. The van der Waals surface area contributed by atoms with E-state index in [2.05, 4.69) is 57.5 Å². The van der Waals surface area contributed by atoms with E-state index in [1.807, 2.05) is 0 Å². The third-order valence-electron chi connectivity index (χ3n) is 5.07. The van der Waals surface area contributed by atoms with Gasteiger partial charge in [-0.3, -0.25) is 0 Å². The summed E-state index contributed by atoms with van der Waals surface area (Å²) in [5.74, 6) is 2.71. The Bertz CT molecular complexity index is 807. The van der Waals surface area contributed by atoms with Crippen molar-refractivity contribution in [1.82, 2.24) is 0 Å². The van der Waals surface area contributed by atoms with Crippen molar-refractivity contribution in [1.29, 1.82) is 0 Å². The van der Waals surface area contributed by atoms with Crippen molar-refractivity contribution in [3.05, 3.63) is 34.9 Å². The van der Waals surface area contributed by atoms with Gasteiger partial charge in [0.25, 0.3) is 0 Å². The molecule has 0 amide bonds. The summed E-state index contributed by atoms with van der Waals surface area (Å²) in [5.41, 5.74) is 3.43. The molecule has 1 aliphatic carbocycles. The Balaban J connectivity index is 2.47. The first kappa shape index (κ1) is 21.6. The molecule has 0 N–H and O–H groups in total. The molecule has 0 spiro atoms. The summed E-state index contributed by atoms with van der Waals surface area (Å²) < 4.78 is 7.34. The molecule has 1 aromatic carbocycles. The van der Waals surface area contributed by atoms with E-state index in [0.29, 0.717) is 12.2 Å². The van der Waals surface area contributed by atoms with Gasteiger partial charge in [0.15, 0.2) is 0 Å². The minimum absolute atomic E-state index is 0.0714. The van der Waals surface area contributed by atoms with E-state index in [1.165, 1.54) is 15.6 Å². The van der Waals surface area contributed by atoms with Gasteiger partial charge < -0.3 is 0 Å². The maximum absolute atomic E-state index is 10.6. The quantitative estimate of drug-likeness (QED) is 0.409. The van der Waals surface area contributed by atoms with Crippen molar-refractivity contribution < 1.29 is 14.6 Å². The molecule has 0 unspecified atom stereocenters. The van der Waals surface area contributed by atoms with Crippen molar-refractivity contribution >= 4 is 25.4 Å². The van der Waals surface area contributed by atoms with E-state index in [0.717, 1.165) is 31.1 Å². The number of carbonyl (C=O) groups excluding carboxylic acids is 1. The number of aliphatic carboxylic acids is 1. The molecule has 27 heavy (non-hydrogen) atoms. The number of fused-ring (bicyclic) bond motifs is 1. The molecule has 0 saturated heterocycles. The van der Waals surface area contributed by atoms with Gasteiger partial charge in [0, 0.05) is 0 Å². The molecule has 0 aromatic heterocycles. The number of carboxylic acid groups (broad SMARTS) is 1. The molecule has 0 bridgehead atoms. The second kappa shape index (κ2) is 8.55. The molecule has 4 heteroatoms. The van der Waals surface area contributed by atoms with Crippen LogP contribution in [0.15, 0.2) is 23.8 Å². The minimum atomic E-state index is -1.21. The van der Waals surface area contributed by atoms with Crippen LogP contribution in [-0.4, -0.2) is 27.5 Å². The van der Waals surface area contributed by atoms with Gasteiger partial charge in [-0.2, -0.15) is 0 Å². The van der Waals surface area contributed by atoms with E-state index in [9.17, 15) is 9.90 Å². The van der Waals surface area contributed by atoms with Crippen molar-refractivity contribution in [3.63, 3.8) is 0 Å². The van der Waals surface area contributed by atoms with Crippen LogP contribution in [0.2, 0.25) is 0 Å². The van der Waals surface area contributed by atoms with Gasteiger partial charge in [-0.25, -0.2) is 0 Å². The fourth-order valence-corrected chi connectivity index (χ4v) is 4.88. The van der Waals surface area contributed by atoms with Crippen LogP contribution in [0.25, 0.3) is 0 Å². The second-order valence-corrected chi connectivity index (χ2v) is 10.3. The zero-order valence-corrected chi connectivity index (χ0v) is 18.9. The summed E-state index contributed by atoms with van der Waals surface area (Å²) in [6.07, 6.45) is 4.31. The van der Waals surface area contributed by atoms with Crippen LogP contribution in [0.4, 0.5) is 0 Å². The van der Waals surface area contributed by atoms with Crippen LogP contribution in [0.1, 0.15) is 71.9 Å². The number of carboxylic acids is 1. The average Bonchev–Trinajstić information content (AvgIpc) is 2.56. The Hall–Kier alpha value is -1.69. The van der Waals surface area contributed by atoms with E-state index in [1.54, 1.807) is 6.92 Å². The van der Waals surface area contributed by atoms with Gasteiger partial charge in [0.05, 0.1) is 0 Å². The van der Waals surface area contributed by atoms with Crippen LogP contribution in [0.5, 0.6) is 5.75 Å². The van der Waals surface area contributed by atoms with Gasteiger partial charge >= 0.3 is 170 Å². The Morgan fingerprint density at radius 1 is 1.26 bits per heavy atom. The number of hydrogen-bond acceptors (Lipinski definition) is 3. The molecule has 2 rings (SSSR count). The third kappa shape index (κ3) is 5.41. The zero-order chi connectivity index (χ0) is 20.2. The predicted octanol–water partition coefficient (Wildman–Crippen LogP) is 2.81. The van der Waals surface area contributed by atoms with Crippen LogP contribution in [0, 0.1) is 10.7 Å². The summed E-state index contributed by atoms with van der Waals surface area (Å²) in [6, 6.07) is 4.44. The molecule has 0 saturated carbocycles. The molecule has 3 nitrogen and oxygen atoms in total. The molecule has 0 heterocycles. The molecule has 146 valence electrons. The second-order valence-electron chi connectivity index (χ2n) is 8.44. The van der Waals surface area contributed by atoms with E-state index < -0.39 is 5.97 Å². The van der Waals surface area contributed by atoms with E-state index in [4.69, 9.17) is 4.74 Å². The summed E-state index contributed by atoms with van der Waals surface area (Å²) in [6.45, 7) is 13.7. The van der Waals surface area contributed by atoms with Gasteiger partial charge in [-0.15, -0.1) is 0 Å². The zero-order valence-electron chi connectivity index (χ0n) is 17.2. The first-order valence-electron chi connectivity index (χ1n) is 9.46. The van der Waals surface area contributed by atoms with Crippen LogP contribution in [-0.2, 0) is 15.6 Å². The Morgan fingerprint density at radius 2 is 1.93 bits per heavy atom. The maximum atomic E-state index is 10.6. The molecule has 0 aliphatic heterocycles.